The van der Waals surface area contributed by atoms with Crippen LogP contribution in [0.5, 0.6) is 0 Å². The van der Waals surface area contributed by atoms with E-state index in [0.717, 1.165) is 25.6 Å². The zero-order chi connectivity index (χ0) is 13.4. The van der Waals surface area contributed by atoms with Gasteiger partial charge in [0.15, 0.2) is 0 Å². The van der Waals surface area contributed by atoms with E-state index in [0.29, 0.717) is 12.1 Å². The summed E-state index contributed by atoms with van der Waals surface area (Å²) in [5.41, 5.74) is 0. The molecule has 1 rings (SSSR count). The smallest absolute Gasteiger partial charge is 0.0596 e. The van der Waals surface area contributed by atoms with Crippen molar-refractivity contribution in [3.05, 3.63) is 0 Å². The highest BCUT2D eigenvalue weighted by atomic mass is 16.5. The lowest BCUT2D eigenvalue weighted by atomic mass is 9.90. The maximum atomic E-state index is 5.62. The van der Waals surface area contributed by atoms with Crippen molar-refractivity contribution in [2.24, 2.45) is 5.92 Å². The summed E-state index contributed by atoms with van der Waals surface area (Å²) >= 11 is 0. The molecule has 1 aliphatic heterocycles. The molecule has 0 aromatic rings. The standard InChI is InChI=1S/C15H32N2O/c1-5-8-16-14(4)15-6-9-17(10-7-15)11-12-18-13(2)3/h13-16H,5-12H2,1-4H3. The van der Waals surface area contributed by atoms with E-state index in [4.69, 9.17) is 4.74 Å². The Hall–Kier alpha value is -0.120. The zero-order valence-corrected chi connectivity index (χ0v) is 12.7. The van der Waals surface area contributed by atoms with Gasteiger partial charge in [-0.1, -0.05) is 6.92 Å². The number of hydrogen-bond acceptors (Lipinski definition) is 3. The molecule has 0 radical (unpaired) electrons. The Bertz CT molecular complexity index is 201. The molecule has 0 spiro atoms. The summed E-state index contributed by atoms with van der Waals surface area (Å²) in [6.07, 6.45) is 4.26. The van der Waals surface area contributed by atoms with Gasteiger partial charge in [-0.05, 0) is 65.6 Å². The van der Waals surface area contributed by atoms with Crippen LogP contribution in [0.15, 0.2) is 0 Å². The van der Waals surface area contributed by atoms with Crippen LogP contribution >= 0.6 is 0 Å². The maximum Gasteiger partial charge on any atom is 0.0596 e. The van der Waals surface area contributed by atoms with Crippen LogP contribution in [-0.2, 0) is 4.74 Å². The first-order chi connectivity index (χ1) is 8.63. The van der Waals surface area contributed by atoms with E-state index < -0.39 is 0 Å². The van der Waals surface area contributed by atoms with Crippen molar-refractivity contribution in [3.63, 3.8) is 0 Å². The number of likely N-dealkylation sites (tertiary alicyclic amines) is 1. The number of nitrogens with zero attached hydrogens (tertiary/aromatic N) is 1. The minimum Gasteiger partial charge on any atom is -0.377 e. The molecule has 0 bridgehead atoms. The molecular weight excluding hydrogens is 224 g/mol. The molecule has 108 valence electrons. The Morgan fingerprint density at radius 1 is 1.22 bits per heavy atom. The fourth-order valence-corrected chi connectivity index (χ4v) is 2.63. The van der Waals surface area contributed by atoms with Crippen molar-refractivity contribution in [1.82, 2.24) is 10.2 Å². The monoisotopic (exact) mass is 256 g/mol. The summed E-state index contributed by atoms with van der Waals surface area (Å²) < 4.78 is 5.62. The summed E-state index contributed by atoms with van der Waals surface area (Å²) in [4.78, 5) is 2.55. The van der Waals surface area contributed by atoms with E-state index in [-0.39, 0.29) is 0 Å². The normalized spacial score (nSPS) is 20.5. The first-order valence-corrected chi connectivity index (χ1v) is 7.70. The molecule has 0 amide bonds. The van der Waals surface area contributed by atoms with Gasteiger partial charge in [0.25, 0.3) is 0 Å². The molecule has 3 nitrogen and oxygen atoms in total. The largest absolute Gasteiger partial charge is 0.377 e. The van der Waals surface area contributed by atoms with Crippen molar-refractivity contribution in [2.75, 3.05) is 32.8 Å². The van der Waals surface area contributed by atoms with Crippen molar-refractivity contribution < 1.29 is 4.74 Å². The Morgan fingerprint density at radius 2 is 1.89 bits per heavy atom. The lowest BCUT2D eigenvalue weighted by Crippen LogP contribution is -2.43. The summed E-state index contributed by atoms with van der Waals surface area (Å²) in [6, 6.07) is 0.680. The number of rotatable bonds is 8. The molecule has 3 heteroatoms. The van der Waals surface area contributed by atoms with Gasteiger partial charge in [0.2, 0.25) is 0 Å². The second-order valence-corrected chi connectivity index (χ2v) is 5.84. The number of nitrogens with one attached hydrogen (secondary N) is 1. The average Bonchev–Trinajstić information content (AvgIpc) is 2.36. The minimum atomic E-state index is 0.362. The first kappa shape index (κ1) is 15.9. The van der Waals surface area contributed by atoms with Gasteiger partial charge < -0.3 is 15.0 Å². The Kier molecular flexibility index (Phi) is 7.87. The summed E-state index contributed by atoms with van der Waals surface area (Å²) in [6.45, 7) is 14.4. The number of piperidine rings is 1. The zero-order valence-electron chi connectivity index (χ0n) is 12.7. The second-order valence-electron chi connectivity index (χ2n) is 5.84. The topological polar surface area (TPSA) is 24.5 Å². The highest BCUT2D eigenvalue weighted by Gasteiger charge is 2.23. The van der Waals surface area contributed by atoms with Gasteiger partial charge in [-0.25, -0.2) is 0 Å². The predicted octanol–water partition coefficient (Wildman–Crippen LogP) is 2.51. The summed E-state index contributed by atoms with van der Waals surface area (Å²) in [5, 5.41) is 3.63. The van der Waals surface area contributed by atoms with Crippen LogP contribution in [0.1, 0.15) is 47.0 Å². The van der Waals surface area contributed by atoms with Crippen molar-refractivity contribution in [3.8, 4) is 0 Å². The van der Waals surface area contributed by atoms with Gasteiger partial charge in [0.1, 0.15) is 0 Å². The van der Waals surface area contributed by atoms with Crippen LogP contribution in [-0.4, -0.2) is 49.8 Å². The third kappa shape index (κ3) is 6.17. The molecule has 1 saturated heterocycles. The molecule has 18 heavy (non-hydrogen) atoms. The molecule has 0 saturated carbocycles. The van der Waals surface area contributed by atoms with Crippen LogP contribution in [0.2, 0.25) is 0 Å². The number of ether oxygens (including phenoxy) is 1. The van der Waals surface area contributed by atoms with E-state index in [2.05, 4.69) is 37.9 Å². The average molecular weight is 256 g/mol. The molecule has 1 aliphatic rings. The van der Waals surface area contributed by atoms with Gasteiger partial charge >= 0.3 is 0 Å². The lowest BCUT2D eigenvalue weighted by Gasteiger charge is -2.35. The van der Waals surface area contributed by atoms with E-state index in [1.54, 1.807) is 0 Å². The van der Waals surface area contributed by atoms with E-state index in [1.165, 1.54) is 32.4 Å². The van der Waals surface area contributed by atoms with E-state index in [1.807, 2.05) is 0 Å². The highest BCUT2D eigenvalue weighted by molar-refractivity contribution is 4.79. The third-order valence-corrected chi connectivity index (χ3v) is 3.91. The molecule has 0 aliphatic carbocycles. The molecule has 1 unspecified atom stereocenters. The van der Waals surface area contributed by atoms with Gasteiger partial charge in [0, 0.05) is 12.6 Å². The first-order valence-electron chi connectivity index (χ1n) is 7.70. The highest BCUT2D eigenvalue weighted by Crippen LogP contribution is 2.20. The SMILES string of the molecule is CCCNC(C)C1CCN(CCOC(C)C)CC1. The van der Waals surface area contributed by atoms with Crippen LogP contribution in [0.4, 0.5) is 0 Å². The van der Waals surface area contributed by atoms with Crippen LogP contribution in [0.3, 0.4) is 0 Å². The van der Waals surface area contributed by atoms with Crippen molar-refractivity contribution >= 4 is 0 Å². The van der Waals surface area contributed by atoms with Crippen LogP contribution < -0.4 is 5.32 Å². The number of hydrogen-bond donors (Lipinski definition) is 1. The minimum absolute atomic E-state index is 0.362. The lowest BCUT2D eigenvalue weighted by molar-refractivity contribution is 0.0490. The molecule has 0 aromatic heterocycles. The van der Waals surface area contributed by atoms with Gasteiger partial charge in [-0.3, -0.25) is 0 Å². The van der Waals surface area contributed by atoms with Gasteiger partial charge in [-0.15, -0.1) is 0 Å². The second kappa shape index (κ2) is 8.89. The predicted molar refractivity (Wildman–Crippen MR) is 78.0 cm³/mol. The molecule has 1 heterocycles. The van der Waals surface area contributed by atoms with Crippen molar-refractivity contribution in [1.29, 1.82) is 0 Å². The fraction of sp³-hybridized carbons (Fsp3) is 1.00. The summed E-state index contributed by atoms with van der Waals surface area (Å²) in [7, 11) is 0. The Labute approximate surface area is 113 Å². The molecule has 1 fully saturated rings. The van der Waals surface area contributed by atoms with Gasteiger partial charge in [-0.2, -0.15) is 0 Å². The van der Waals surface area contributed by atoms with E-state index in [9.17, 15) is 0 Å². The Morgan fingerprint density at radius 3 is 2.44 bits per heavy atom. The maximum absolute atomic E-state index is 5.62. The van der Waals surface area contributed by atoms with Crippen molar-refractivity contribution in [2.45, 2.75) is 59.1 Å². The molecular formula is C15H32N2O. The van der Waals surface area contributed by atoms with Gasteiger partial charge in [0.05, 0.1) is 12.7 Å². The third-order valence-electron chi connectivity index (χ3n) is 3.91. The molecule has 1 N–H and O–H groups in total. The quantitative estimate of drug-likeness (QED) is 0.722. The molecule has 1 atom stereocenters. The summed E-state index contributed by atoms with van der Waals surface area (Å²) in [5.74, 6) is 0.860. The Balaban J connectivity index is 2.12. The fourth-order valence-electron chi connectivity index (χ4n) is 2.63. The van der Waals surface area contributed by atoms with E-state index >= 15 is 0 Å². The van der Waals surface area contributed by atoms with Crippen LogP contribution in [0, 0.1) is 5.92 Å². The van der Waals surface area contributed by atoms with Crippen LogP contribution in [0.25, 0.3) is 0 Å². The molecule has 0 aromatic carbocycles.